The number of nitrogens with zero attached hydrogens (tertiary/aromatic N) is 2. The van der Waals surface area contributed by atoms with E-state index in [4.69, 9.17) is 27.9 Å². The van der Waals surface area contributed by atoms with Crippen molar-refractivity contribution >= 4 is 34.8 Å². The molecule has 0 aliphatic carbocycles. The summed E-state index contributed by atoms with van der Waals surface area (Å²) in [5.74, 6) is -0.949. The number of alkyl halides is 1. The normalized spacial score (nSPS) is 17.1. The topological polar surface area (TPSA) is 74.5 Å². The van der Waals surface area contributed by atoms with Crippen LogP contribution in [0.15, 0.2) is 101 Å². The lowest BCUT2D eigenvalue weighted by atomic mass is 9.76. The highest BCUT2D eigenvalue weighted by Gasteiger charge is 2.38. The molecule has 2 atom stereocenters. The first-order valence-electron chi connectivity index (χ1n) is 13.0. The molecular formula is C32H31Cl2N3O2. The number of benzene rings is 3. The average Bonchev–Trinajstić information content (AvgIpc) is 2.96. The third kappa shape index (κ3) is 7.16. The number of hydrogen-bond acceptors (Lipinski definition) is 4. The Hall–Kier alpha value is -3.43. The SMILES string of the molecule is CC1=NC(COCCCl)=C(C(=O)NCCC(c2ccccc2)c2ccccc2)C(c2cccc(Cl)c2)C1C#N. The van der Waals surface area contributed by atoms with Gasteiger partial charge in [-0.25, -0.2) is 0 Å². The van der Waals surface area contributed by atoms with Gasteiger partial charge in [0.05, 0.1) is 30.9 Å². The number of hydrogen-bond donors (Lipinski definition) is 1. The number of carbonyl (C=O) groups is 1. The molecule has 5 nitrogen and oxygen atoms in total. The molecule has 200 valence electrons. The van der Waals surface area contributed by atoms with Gasteiger partial charge in [-0.15, -0.1) is 11.6 Å². The Balaban J connectivity index is 1.63. The van der Waals surface area contributed by atoms with E-state index < -0.39 is 11.8 Å². The molecule has 7 heteroatoms. The fraction of sp³-hybridized carbons (Fsp3) is 0.281. The largest absolute Gasteiger partial charge is 0.374 e. The summed E-state index contributed by atoms with van der Waals surface area (Å²) in [4.78, 5) is 18.5. The van der Waals surface area contributed by atoms with Gasteiger partial charge >= 0.3 is 0 Å². The lowest BCUT2D eigenvalue weighted by Crippen LogP contribution is -2.36. The molecule has 4 rings (SSSR count). The van der Waals surface area contributed by atoms with E-state index >= 15 is 0 Å². The van der Waals surface area contributed by atoms with Crippen LogP contribution in [0.2, 0.25) is 5.02 Å². The number of halogens is 2. The molecule has 1 N–H and O–H groups in total. The highest BCUT2D eigenvalue weighted by atomic mass is 35.5. The predicted molar refractivity (Wildman–Crippen MR) is 157 cm³/mol. The second-order valence-corrected chi connectivity index (χ2v) is 10.2. The van der Waals surface area contributed by atoms with Crippen LogP contribution in [-0.4, -0.2) is 37.3 Å². The zero-order valence-corrected chi connectivity index (χ0v) is 23.3. The number of rotatable bonds is 11. The molecule has 0 radical (unpaired) electrons. The lowest BCUT2D eigenvalue weighted by molar-refractivity contribution is -0.118. The molecular weight excluding hydrogens is 529 g/mol. The Labute approximate surface area is 240 Å². The number of amides is 1. The molecule has 1 heterocycles. The van der Waals surface area contributed by atoms with Crippen molar-refractivity contribution in [3.05, 3.63) is 118 Å². The van der Waals surface area contributed by atoms with Gasteiger partial charge in [0, 0.05) is 40.6 Å². The smallest absolute Gasteiger partial charge is 0.249 e. The fourth-order valence-electron chi connectivity index (χ4n) is 5.08. The quantitative estimate of drug-likeness (QED) is 0.205. The molecule has 0 fully saturated rings. The van der Waals surface area contributed by atoms with E-state index in [-0.39, 0.29) is 18.4 Å². The van der Waals surface area contributed by atoms with Gasteiger partial charge in [-0.3, -0.25) is 9.79 Å². The second-order valence-electron chi connectivity index (χ2n) is 9.41. The standard InChI is InChI=1S/C32H31Cl2N3O2/c1-22-28(20-35)30(25-13-8-14-26(34)19-25)31(29(37-22)21-39-18-16-33)32(38)36-17-15-27(23-9-4-2-5-10-23)24-11-6-3-7-12-24/h2-14,19,27-28,30H,15-18,21H2,1H3,(H,36,38). The summed E-state index contributed by atoms with van der Waals surface area (Å²) >= 11 is 12.1. The minimum absolute atomic E-state index is 0.121. The van der Waals surface area contributed by atoms with E-state index in [1.54, 1.807) is 12.1 Å². The van der Waals surface area contributed by atoms with Gasteiger partial charge < -0.3 is 10.1 Å². The summed E-state index contributed by atoms with van der Waals surface area (Å²) in [6.45, 7) is 2.70. The van der Waals surface area contributed by atoms with Crippen molar-refractivity contribution in [2.75, 3.05) is 25.6 Å². The van der Waals surface area contributed by atoms with Crippen LogP contribution >= 0.6 is 23.2 Å². The number of ether oxygens (including phenoxy) is 1. The Morgan fingerprint density at radius 2 is 1.72 bits per heavy atom. The highest BCUT2D eigenvalue weighted by molar-refractivity contribution is 6.30. The summed E-state index contributed by atoms with van der Waals surface area (Å²) in [5.41, 5.74) is 4.74. The summed E-state index contributed by atoms with van der Waals surface area (Å²) in [5, 5.41) is 13.8. The summed E-state index contributed by atoms with van der Waals surface area (Å²) in [6, 6.07) is 30.2. The van der Waals surface area contributed by atoms with Crippen molar-refractivity contribution in [1.82, 2.24) is 5.32 Å². The van der Waals surface area contributed by atoms with E-state index in [2.05, 4.69) is 40.6 Å². The summed E-state index contributed by atoms with van der Waals surface area (Å²) in [7, 11) is 0. The van der Waals surface area contributed by atoms with E-state index in [0.717, 1.165) is 5.56 Å². The number of aliphatic imine (C=N–C) groups is 1. The van der Waals surface area contributed by atoms with Crippen LogP contribution in [0.5, 0.6) is 0 Å². The maximum Gasteiger partial charge on any atom is 0.249 e. The molecule has 0 aromatic heterocycles. The molecule has 1 aliphatic heterocycles. The first-order valence-corrected chi connectivity index (χ1v) is 13.9. The molecule has 3 aromatic rings. The Bertz CT molecular complexity index is 1330. The van der Waals surface area contributed by atoms with Crippen LogP contribution in [0.4, 0.5) is 0 Å². The number of nitrogens with one attached hydrogen (secondary N) is 1. The molecule has 0 spiro atoms. The van der Waals surface area contributed by atoms with Crippen LogP contribution in [0.1, 0.15) is 41.9 Å². The first-order chi connectivity index (χ1) is 19.0. The van der Waals surface area contributed by atoms with Gasteiger partial charge in [-0.05, 0) is 42.2 Å². The van der Waals surface area contributed by atoms with Crippen molar-refractivity contribution in [3.63, 3.8) is 0 Å². The average molecular weight is 561 g/mol. The first kappa shape index (κ1) is 28.6. The minimum atomic E-state index is -0.609. The predicted octanol–water partition coefficient (Wildman–Crippen LogP) is 6.89. The third-order valence-corrected chi connectivity index (χ3v) is 7.28. The van der Waals surface area contributed by atoms with E-state index in [1.165, 1.54) is 11.1 Å². The van der Waals surface area contributed by atoms with Crippen LogP contribution in [-0.2, 0) is 9.53 Å². The van der Waals surface area contributed by atoms with Gasteiger partial charge in [0.25, 0.3) is 0 Å². The van der Waals surface area contributed by atoms with Crippen molar-refractivity contribution in [1.29, 1.82) is 5.26 Å². The Morgan fingerprint density at radius 1 is 1.05 bits per heavy atom. The van der Waals surface area contributed by atoms with Crippen LogP contribution in [0.3, 0.4) is 0 Å². The maximum absolute atomic E-state index is 13.9. The number of nitriles is 1. The molecule has 3 aromatic carbocycles. The van der Waals surface area contributed by atoms with Crippen LogP contribution in [0, 0.1) is 17.2 Å². The van der Waals surface area contributed by atoms with Crippen molar-refractivity contribution in [3.8, 4) is 6.07 Å². The van der Waals surface area contributed by atoms with Gasteiger partial charge in [0.15, 0.2) is 0 Å². The highest BCUT2D eigenvalue weighted by Crippen LogP contribution is 2.39. The molecule has 39 heavy (non-hydrogen) atoms. The van der Waals surface area contributed by atoms with Gasteiger partial charge in [0.2, 0.25) is 5.91 Å². The zero-order valence-electron chi connectivity index (χ0n) is 21.8. The molecule has 0 saturated carbocycles. The van der Waals surface area contributed by atoms with Crippen molar-refractivity contribution < 1.29 is 9.53 Å². The molecule has 0 saturated heterocycles. The van der Waals surface area contributed by atoms with Crippen molar-refractivity contribution in [2.24, 2.45) is 10.9 Å². The van der Waals surface area contributed by atoms with E-state index in [0.29, 0.717) is 47.5 Å². The Kier molecular flexibility index (Phi) is 10.3. The molecule has 0 bridgehead atoms. The minimum Gasteiger partial charge on any atom is -0.374 e. The van der Waals surface area contributed by atoms with Crippen LogP contribution in [0.25, 0.3) is 0 Å². The second kappa shape index (κ2) is 14.1. The van der Waals surface area contributed by atoms with Gasteiger partial charge in [-0.1, -0.05) is 84.4 Å². The van der Waals surface area contributed by atoms with Gasteiger partial charge in [-0.2, -0.15) is 5.26 Å². The molecule has 1 amide bonds. The van der Waals surface area contributed by atoms with Crippen LogP contribution < -0.4 is 5.32 Å². The summed E-state index contributed by atoms with van der Waals surface area (Å²) in [6.07, 6.45) is 0.705. The molecule has 1 aliphatic rings. The monoisotopic (exact) mass is 559 g/mol. The van der Waals surface area contributed by atoms with Crippen molar-refractivity contribution in [2.45, 2.75) is 25.2 Å². The summed E-state index contributed by atoms with van der Waals surface area (Å²) < 4.78 is 5.70. The fourth-order valence-corrected chi connectivity index (χ4v) is 5.39. The van der Waals surface area contributed by atoms with E-state index in [1.807, 2.05) is 55.5 Å². The maximum atomic E-state index is 13.9. The third-order valence-electron chi connectivity index (χ3n) is 6.89. The zero-order chi connectivity index (χ0) is 27.6. The van der Waals surface area contributed by atoms with E-state index in [9.17, 15) is 10.1 Å². The van der Waals surface area contributed by atoms with Gasteiger partial charge in [0.1, 0.15) is 0 Å². The lowest BCUT2D eigenvalue weighted by Gasteiger charge is -2.30. The molecule has 2 unspecified atom stereocenters. The Morgan fingerprint density at radius 3 is 2.31 bits per heavy atom. The number of carbonyl (C=O) groups excluding carboxylic acids is 1.